The molecule has 16 heteroatoms. The van der Waals surface area contributed by atoms with E-state index in [0.29, 0.717) is 36.0 Å². The zero-order valence-electron chi connectivity index (χ0n) is 27.6. The molecular formula is C32H41ClF2N4O6S2Si. The Morgan fingerprint density at radius 3 is 2.46 bits per heavy atom. The molecule has 48 heavy (non-hydrogen) atoms. The van der Waals surface area contributed by atoms with E-state index in [1.807, 2.05) is 0 Å². The van der Waals surface area contributed by atoms with Crippen LogP contribution >= 0.6 is 22.9 Å². The van der Waals surface area contributed by atoms with Gasteiger partial charge in [0.2, 0.25) is 10.0 Å². The highest BCUT2D eigenvalue weighted by Crippen LogP contribution is 2.47. The highest BCUT2D eigenvalue weighted by Gasteiger charge is 2.54. The molecule has 10 nitrogen and oxygen atoms in total. The van der Waals surface area contributed by atoms with E-state index in [0.717, 1.165) is 12.1 Å². The van der Waals surface area contributed by atoms with Crippen LogP contribution in [0.1, 0.15) is 56.1 Å². The summed E-state index contributed by atoms with van der Waals surface area (Å²) in [7, 11) is -5.08. The zero-order chi connectivity index (χ0) is 35.0. The van der Waals surface area contributed by atoms with E-state index in [1.54, 1.807) is 25.4 Å². The maximum Gasteiger partial charge on any atom is 0.338 e. The number of halogens is 3. The van der Waals surface area contributed by atoms with Crippen molar-refractivity contribution < 1.29 is 36.3 Å². The Morgan fingerprint density at radius 1 is 1.17 bits per heavy atom. The molecule has 1 saturated heterocycles. The van der Waals surface area contributed by atoms with Gasteiger partial charge in [-0.05, 0) is 51.6 Å². The number of aromatic nitrogens is 1. The van der Waals surface area contributed by atoms with E-state index in [2.05, 4.69) is 34.9 Å². The van der Waals surface area contributed by atoms with Crippen LogP contribution in [0.4, 0.5) is 8.78 Å². The number of aliphatic imine (C=N–C) groups is 1. The number of carbonyl (C=O) groups is 2. The molecule has 1 unspecified atom stereocenters. The molecule has 1 aromatic heterocycles. The van der Waals surface area contributed by atoms with E-state index in [9.17, 15) is 26.8 Å². The number of hydrogen-bond donors (Lipinski definition) is 1. The maximum atomic E-state index is 14.7. The van der Waals surface area contributed by atoms with Gasteiger partial charge in [-0.25, -0.2) is 31.3 Å². The monoisotopic (exact) mass is 742 g/mol. The molecule has 1 N–H and O–H groups in total. The zero-order valence-corrected chi connectivity index (χ0v) is 31.0. The molecule has 0 radical (unpaired) electrons. The van der Waals surface area contributed by atoms with E-state index >= 15 is 0 Å². The second kappa shape index (κ2) is 14.3. The van der Waals surface area contributed by atoms with Gasteiger partial charge in [0.15, 0.2) is 22.5 Å². The Hall–Kier alpha value is -2.72. The summed E-state index contributed by atoms with van der Waals surface area (Å²) < 4.78 is 68.5. The van der Waals surface area contributed by atoms with Crippen LogP contribution in [0.5, 0.6) is 0 Å². The quantitative estimate of drug-likeness (QED) is 0.167. The molecule has 2 aromatic rings. The molecule has 1 aliphatic carbocycles. The average Bonchev–Trinajstić information content (AvgIpc) is 3.56. The fraction of sp³-hybridized carbons (Fsp3) is 0.562. The van der Waals surface area contributed by atoms with Gasteiger partial charge in [0, 0.05) is 49.9 Å². The number of rotatable bonds is 11. The number of carbonyl (C=O) groups excluding carboxylic acids is 2. The molecule has 5 rings (SSSR count). The maximum absolute atomic E-state index is 14.7. The van der Waals surface area contributed by atoms with Crippen molar-refractivity contribution in [3.05, 3.63) is 62.2 Å². The van der Waals surface area contributed by atoms with Crippen LogP contribution in [-0.4, -0.2) is 75.1 Å². The fourth-order valence-corrected chi connectivity index (χ4v) is 10.2. The van der Waals surface area contributed by atoms with Crippen LogP contribution in [0.2, 0.25) is 30.7 Å². The first-order valence-corrected chi connectivity index (χ1v) is 22.5. The number of nitrogens with one attached hydrogen (secondary N) is 1. The van der Waals surface area contributed by atoms with E-state index in [1.165, 1.54) is 21.7 Å². The Balaban J connectivity index is 1.36. The van der Waals surface area contributed by atoms with Crippen LogP contribution in [0.3, 0.4) is 0 Å². The van der Waals surface area contributed by atoms with Crippen molar-refractivity contribution in [2.75, 3.05) is 26.3 Å². The SMILES string of the molecule is CCOC(=O)C1=C(C2CCN(S(=O)(=O)C3CC(C)(C(=O)OCC[Si](C)(C)C)C3)CC2)NC(c2nccs2)=NC1c1ccc(F)c(F)c1Cl. The van der Waals surface area contributed by atoms with Crippen LogP contribution < -0.4 is 5.32 Å². The standard InChI is InChI=1S/C32H41ClF2N4O6S2Si/c1-6-44-30(40)23-26(37-28(29-36-11-15-46-29)38-27(23)21-7-8-22(34)25(35)24(21)33)19-9-12-39(13-10-19)47(42,43)20-17-32(2,18-20)31(41)45-14-16-48(3,4)5/h7-8,11,15,19-20,27H,6,9-10,12-14,16-18H2,1-5H3,(H,37,38). The first kappa shape index (κ1) is 36.6. The summed E-state index contributed by atoms with van der Waals surface area (Å²) in [6.07, 6.45) is 2.71. The number of thiazole rings is 1. The van der Waals surface area contributed by atoms with E-state index < -0.39 is 57.4 Å². The Labute approximate surface area is 290 Å². The molecule has 262 valence electrons. The normalized spacial score (nSPS) is 24.0. The highest BCUT2D eigenvalue weighted by atomic mass is 35.5. The van der Waals surface area contributed by atoms with Gasteiger partial charge < -0.3 is 14.8 Å². The number of sulfonamides is 1. The number of esters is 2. The van der Waals surface area contributed by atoms with Crippen molar-refractivity contribution in [1.29, 1.82) is 0 Å². The summed E-state index contributed by atoms with van der Waals surface area (Å²) in [5.41, 5.74) is -0.205. The Kier molecular flexibility index (Phi) is 10.9. The van der Waals surface area contributed by atoms with Gasteiger partial charge in [0.1, 0.15) is 6.04 Å². The van der Waals surface area contributed by atoms with E-state index in [4.69, 9.17) is 21.1 Å². The van der Waals surface area contributed by atoms with Crippen LogP contribution in [0, 0.1) is 23.0 Å². The first-order valence-electron chi connectivity index (χ1n) is 16.0. The largest absolute Gasteiger partial charge is 0.466 e. The molecule has 0 bridgehead atoms. The molecule has 1 aromatic carbocycles. The molecule has 1 atom stereocenters. The van der Waals surface area contributed by atoms with Crippen molar-refractivity contribution in [1.82, 2.24) is 14.6 Å². The van der Waals surface area contributed by atoms with Crippen LogP contribution in [0.25, 0.3) is 0 Å². The topological polar surface area (TPSA) is 127 Å². The number of piperidine rings is 1. The number of hydrogen-bond acceptors (Lipinski definition) is 10. The van der Waals surface area contributed by atoms with Crippen molar-refractivity contribution in [2.45, 2.75) is 76.5 Å². The third kappa shape index (κ3) is 7.54. The predicted octanol–water partition coefficient (Wildman–Crippen LogP) is 6.07. The molecule has 3 heterocycles. The number of nitrogens with zero attached hydrogens (tertiary/aromatic N) is 3. The van der Waals surface area contributed by atoms with Gasteiger partial charge >= 0.3 is 11.9 Å². The number of benzene rings is 1. The molecule has 2 fully saturated rings. The minimum Gasteiger partial charge on any atom is -0.466 e. The molecule has 1 saturated carbocycles. The highest BCUT2D eigenvalue weighted by molar-refractivity contribution is 7.89. The lowest BCUT2D eigenvalue weighted by Crippen LogP contribution is -2.54. The summed E-state index contributed by atoms with van der Waals surface area (Å²) in [5.74, 6) is -3.45. The van der Waals surface area contributed by atoms with Crippen LogP contribution in [0.15, 0.2) is 40.0 Å². The van der Waals surface area contributed by atoms with Crippen molar-refractivity contribution in [3.63, 3.8) is 0 Å². The van der Waals surface area contributed by atoms with E-state index in [-0.39, 0.29) is 55.6 Å². The third-order valence-electron chi connectivity index (χ3n) is 9.14. The minimum atomic E-state index is -3.70. The van der Waals surface area contributed by atoms with Crippen molar-refractivity contribution >= 4 is 58.8 Å². The fourth-order valence-electron chi connectivity index (χ4n) is 6.30. The number of allylic oxidation sites excluding steroid dienone is 1. The lowest BCUT2D eigenvalue weighted by molar-refractivity contribution is -0.159. The lowest BCUT2D eigenvalue weighted by Gasteiger charge is -2.45. The summed E-state index contributed by atoms with van der Waals surface area (Å²) in [6, 6.07) is 1.93. The molecule has 0 spiro atoms. The summed E-state index contributed by atoms with van der Waals surface area (Å²) in [4.78, 5) is 35.4. The van der Waals surface area contributed by atoms with Crippen molar-refractivity contribution in [2.24, 2.45) is 16.3 Å². The van der Waals surface area contributed by atoms with Gasteiger partial charge in [-0.15, -0.1) is 11.3 Å². The molecule has 2 aliphatic heterocycles. The Bertz CT molecular complexity index is 1720. The van der Waals surface area contributed by atoms with Gasteiger partial charge in [-0.2, -0.15) is 0 Å². The van der Waals surface area contributed by atoms with Gasteiger partial charge in [0.05, 0.1) is 34.5 Å². The average molecular weight is 743 g/mol. The summed E-state index contributed by atoms with van der Waals surface area (Å²) in [6.45, 7) is 10.8. The molecule has 3 aliphatic rings. The van der Waals surface area contributed by atoms with Crippen molar-refractivity contribution in [3.8, 4) is 0 Å². The van der Waals surface area contributed by atoms with Crippen LogP contribution in [-0.2, 0) is 29.1 Å². The summed E-state index contributed by atoms with van der Waals surface area (Å²) >= 11 is 7.59. The van der Waals surface area contributed by atoms with Gasteiger partial charge in [-0.1, -0.05) is 37.3 Å². The third-order valence-corrected chi connectivity index (χ3v) is 14.3. The second-order valence-corrected chi connectivity index (χ2v) is 23.0. The number of amidine groups is 1. The predicted molar refractivity (Wildman–Crippen MR) is 183 cm³/mol. The van der Waals surface area contributed by atoms with Gasteiger partial charge in [0.25, 0.3) is 0 Å². The molecule has 0 amide bonds. The lowest BCUT2D eigenvalue weighted by atomic mass is 9.70. The molecular weight excluding hydrogens is 702 g/mol. The van der Waals surface area contributed by atoms with Gasteiger partial charge in [-0.3, -0.25) is 9.79 Å². The minimum absolute atomic E-state index is 0.0553. The second-order valence-electron chi connectivity index (χ2n) is 13.9. The Morgan fingerprint density at radius 2 is 1.85 bits per heavy atom. The first-order chi connectivity index (χ1) is 22.6. The number of ether oxygens (including phenoxy) is 2. The summed E-state index contributed by atoms with van der Waals surface area (Å²) in [5, 5.41) is 4.33. The smallest absolute Gasteiger partial charge is 0.338 e.